The van der Waals surface area contributed by atoms with Gasteiger partial charge in [0.1, 0.15) is 5.75 Å². The van der Waals surface area contributed by atoms with Crippen LogP contribution in [0.3, 0.4) is 0 Å². The molecule has 9 heteroatoms. The van der Waals surface area contributed by atoms with Crippen LogP contribution in [0.1, 0.15) is 5.56 Å². The molecule has 0 aliphatic carbocycles. The zero-order valence-electron chi connectivity index (χ0n) is 13.5. The molecule has 1 aromatic heterocycles. The van der Waals surface area contributed by atoms with E-state index in [1.165, 1.54) is 24.3 Å². The lowest BCUT2D eigenvalue weighted by atomic mass is 10.2. The summed E-state index contributed by atoms with van der Waals surface area (Å²) in [4.78, 5) is 16.2. The van der Waals surface area contributed by atoms with Crippen molar-refractivity contribution in [1.29, 1.82) is 5.26 Å². The summed E-state index contributed by atoms with van der Waals surface area (Å²) in [5.41, 5.74) is 1.18. The molecule has 136 valence electrons. The normalized spacial score (nSPS) is 10.3. The van der Waals surface area contributed by atoms with Crippen molar-refractivity contribution in [2.45, 2.75) is 0 Å². The van der Waals surface area contributed by atoms with Gasteiger partial charge in [0.15, 0.2) is 23.4 Å². The summed E-state index contributed by atoms with van der Waals surface area (Å²) in [6, 6.07) is 9.84. The van der Waals surface area contributed by atoms with Gasteiger partial charge in [-0.1, -0.05) is 11.6 Å². The van der Waals surface area contributed by atoms with Crippen LogP contribution in [0.4, 0.5) is 13.9 Å². The molecule has 0 aliphatic rings. The second-order valence-electron chi connectivity index (χ2n) is 5.26. The third-order valence-electron chi connectivity index (χ3n) is 3.39. The zero-order valence-corrected chi connectivity index (χ0v) is 15.1. The fourth-order valence-electron chi connectivity index (χ4n) is 2.11. The molecule has 2 aromatic carbocycles. The summed E-state index contributed by atoms with van der Waals surface area (Å²) in [7, 11) is 0. The second kappa shape index (κ2) is 8.12. The number of hydrogen-bond acceptors (Lipinski definition) is 5. The van der Waals surface area contributed by atoms with Gasteiger partial charge in [0.05, 0.1) is 22.3 Å². The Kier molecular flexibility index (Phi) is 5.64. The van der Waals surface area contributed by atoms with Crippen LogP contribution in [0.25, 0.3) is 11.3 Å². The SMILES string of the molecule is N#Cc1ccc(OCC(=O)Nc2nc(-c3ccc(F)c(F)c3)cs2)c(Cl)c1. The van der Waals surface area contributed by atoms with Crippen molar-refractivity contribution in [2.24, 2.45) is 0 Å². The van der Waals surface area contributed by atoms with Crippen molar-refractivity contribution in [3.05, 3.63) is 64.0 Å². The van der Waals surface area contributed by atoms with Crippen molar-refractivity contribution in [1.82, 2.24) is 4.98 Å². The number of benzene rings is 2. The highest BCUT2D eigenvalue weighted by atomic mass is 35.5. The maximum atomic E-state index is 13.3. The Labute approximate surface area is 161 Å². The van der Waals surface area contributed by atoms with Crippen LogP contribution in [0.5, 0.6) is 5.75 Å². The van der Waals surface area contributed by atoms with E-state index in [9.17, 15) is 13.6 Å². The number of carbonyl (C=O) groups is 1. The highest BCUT2D eigenvalue weighted by Crippen LogP contribution is 2.27. The Morgan fingerprint density at radius 1 is 1.26 bits per heavy atom. The number of carbonyl (C=O) groups excluding carboxylic acids is 1. The Balaban J connectivity index is 1.61. The van der Waals surface area contributed by atoms with Gasteiger partial charge in [-0.3, -0.25) is 10.1 Å². The number of hydrogen-bond donors (Lipinski definition) is 1. The van der Waals surface area contributed by atoms with Crippen LogP contribution < -0.4 is 10.1 Å². The third-order valence-corrected chi connectivity index (χ3v) is 4.44. The highest BCUT2D eigenvalue weighted by Gasteiger charge is 2.12. The lowest BCUT2D eigenvalue weighted by molar-refractivity contribution is -0.118. The third kappa shape index (κ3) is 4.58. The monoisotopic (exact) mass is 405 g/mol. The highest BCUT2D eigenvalue weighted by molar-refractivity contribution is 7.14. The molecule has 1 heterocycles. The molecule has 0 saturated carbocycles. The van der Waals surface area contributed by atoms with E-state index in [4.69, 9.17) is 21.6 Å². The van der Waals surface area contributed by atoms with Crippen molar-refractivity contribution >= 4 is 34.0 Å². The van der Waals surface area contributed by atoms with E-state index in [-0.39, 0.29) is 22.5 Å². The average molecular weight is 406 g/mol. The average Bonchev–Trinajstić information content (AvgIpc) is 3.11. The molecular weight excluding hydrogens is 396 g/mol. The summed E-state index contributed by atoms with van der Waals surface area (Å²) in [6.45, 7) is -0.314. The van der Waals surface area contributed by atoms with Crippen LogP contribution >= 0.6 is 22.9 Å². The van der Waals surface area contributed by atoms with Crippen LogP contribution in [0.15, 0.2) is 41.8 Å². The Morgan fingerprint density at radius 3 is 2.78 bits per heavy atom. The number of rotatable bonds is 5. The lowest BCUT2D eigenvalue weighted by Crippen LogP contribution is -2.20. The van der Waals surface area contributed by atoms with Gasteiger partial charge in [-0.15, -0.1) is 11.3 Å². The fourth-order valence-corrected chi connectivity index (χ4v) is 3.08. The number of nitriles is 1. The molecule has 1 amide bonds. The topological polar surface area (TPSA) is 75.0 Å². The summed E-state index contributed by atoms with van der Waals surface area (Å²) < 4.78 is 31.6. The van der Waals surface area contributed by atoms with E-state index in [1.54, 1.807) is 5.38 Å². The first kappa shape index (κ1) is 18.8. The summed E-state index contributed by atoms with van der Waals surface area (Å²) >= 11 is 7.11. The van der Waals surface area contributed by atoms with Crippen LogP contribution in [0.2, 0.25) is 5.02 Å². The summed E-state index contributed by atoms with van der Waals surface area (Å²) in [6.07, 6.45) is 0. The molecule has 0 spiro atoms. The maximum absolute atomic E-state index is 13.3. The number of ether oxygens (including phenoxy) is 1. The number of nitrogens with one attached hydrogen (secondary N) is 1. The van der Waals surface area contributed by atoms with E-state index < -0.39 is 17.5 Å². The van der Waals surface area contributed by atoms with Crippen LogP contribution in [-0.4, -0.2) is 17.5 Å². The molecule has 0 bridgehead atoms. The van der Waals surface area contributed by atoms with Crippen LogP contribution in [-0.2, 0) is 4.79 Å². The zero-order chi connectivity index (χ0) is 19.4. The molecule has 0 radical (unpaired) electrons. The molecule has 0 aliphatic heterocycles. The largest absolute Gasteiger partial charge is 0.482 e. The minimum atomic E-state index is -0.973. The van der Waals surface area contributed by atoms with Crippen molar-refractivity contribution < 1.29 is 18.3 Å². The van der Waals surface area contributed by atoms with E-state index in [0.29, 0.717) is 16.8 Å². The standard InChI is InChI=1S/C18H10ClF2N3O2S/c19-12-5-10(7-22)1-4-16(12)26-8-17(25)24-18-23-15(9-27-18)11-2-3-13(20)14(21)6-11/h1-6,9H,8H2,(H,23,24,25). The maximum Gasteiger partial charge on any atom is 0.264 e. The molecule has 0 fully saturated rings. The lowest BCUT2D eigenvalue weighted by Gasteiger charge is -2.07. The molecule has 27 heavy (non-hydrogen) atoms. The van der Waals surface area contributed by atoms with Gasteiger partial charge in [0.25, 0.3) is 5.91 Å². The predicted octanol–water partition coefficient (Wildman–Crippen LogP) is 4.63. The Bertz CT molecular complexity index is 1050. The Hall–Kier alpha value is -3.02. The molecule has 0 unspecified atom stereocenters. The molecule has 0 atom stereocenters. The van der Waals surface area contributed by atoms with Gasteiger partial charge in [-0.25, -0.2) is 13.8 Å². The number of halogens is 3. The first-order valence-electron chi connectivity index (χ1n) is 7.49. The smallest absolute Gasteiger partial charge is 0.264 e. The van der Waals surface area contributed by atoms with Gasteiger partial charge >= 0.3 is 0 Å². The summed E-state index contributed by atoms with van der Waals surface area (Å²) in [5, 5.41) is 13.5. The number of amides is 1. The van der Waals surface area contributed by atoms with Gasteiger partial charge in [0, 0.05) is 10.9 Å². The molecule has 0 saturated heterocycles. The molecule has 1 N–H and O–H groups in total. The Morgan fingerprint density at radius 2 is 2.07 bits per heavy atom. The first-order chi connectivity index (χ1) is 13.0. The number of nitrogens with zero attached hydrogens (tertiary/aromatic N) is 2. The van der Waals surface area contributed by atoms with Crippen molar-refractivity contribution in [3.63, 3.8) is 0 Å². The predicted molar refractivity (Wildman–Crippen MR) is 97.8 cm³/mol. The van der Waals surface area contributed by atoms with Gasteiger partial charge < -0.3 is 4.74 Å². The van der Waals surface area contributed by atoms with E-state index in [0.717, 1.165) is 23.5 Å². The van der Waals surface area contributed by atoms with E-state index in [2.05, 4.69) is 10.3 Å². The summed E-state index contributed by atoms with van der Waals surface area (Å²) in [5.74, 6) is -2.12. The van der Waals surface area contributed by atoms with Crippen LogP contribution in [0, 0.1) is 23.0 Å². The molecule has 3 rings (SSSR count). The van der Waals surface area contributed by atoms with Crippen molar-refractivity contribution in [3.8, 4) is 23.1 Å². The number of anilines is 1. The van der Waals surface area contributed by atoms with E-state index in [1.807, 2.05) is 6.07 Å². The van der Waals surface area contributed by atoms with Crippen molar-refractivity contribution in [2.75, 3.05) is 11.9 Å². The van der Waals surface area contributed by atoms with Gasteiger partial charge in [-0.2, -0.15) is 5.26 Å². The fraction of sp³-hybridized carbons (Fsp3) is 0.0556. The van der Waals surface area contributed by atoms with Gasteiger partial charge in [-0.05, 0) is 36.4 Å². The number of thiazole rings is 1. The molecular formula is C18H10ClF2N3O2S. The molecule has 3 aromatic rings. The van der Waals surface area contributed by atoms with Gasteiger partial charge in [0.2, 0.25) is 0 Å². The second-order valence-corrected chi connectivity index (χ2v) is 6.53. The first-order valence-corrected chi connectivity index (χ1v) is 8.75. The minimum absolute atomic E-state index is 0.219. The minimum Gasteiger partial charge on any atom is -0.482 e. The number of aromatic nitrogens is 1. The quantitative estimate of drug-likeness (QED) is 0.671. The molecule has 5 nitrogen and oxygen atoms in total. The van der Waals surface area contributed by atoms with E-state index >= 15 is 0 Å².